The molecular weight excluding hydrogens is 385 g/mol. The van der Waals surface area contributed by atoms with Gasteiger partial charge in [-0.05, 0) is 31.0 Å². The lowest BCUT2D eigenvalue weighted by molar-refractivity contribution is 0.248. The average molecular weight is 405 g/mol. The van der Waals surface area contributed by atoms with Gasteiger partial charge < -0.3 is 4.74 Å². The normalized spacial score (nSPS) is 18.5. The third-order valence-electron chi connectivity index (χ3n) is 4.94. The molecule has 1 fully saturated rings. The van der Waals surface area contributed by atoms with Crippen LogP contribution in [0.4, 0.5) is 4.39 Å². The lowest BCUT2D eigenvalue weighted by atomic mass is 10.0. The molecular formula is C18H20FN5O3S. The van der Waals surface area contributed by atoms with Gasteiger partial charge in [0.1, 0.15) is 17.4 Å². The summed E-state index contributed by atoms with van der Waals surface area (Å²) in [4.78, 5) is 8.91. The monoisotopic (exact) mass is 405 g/mol. The number of fused-ring (bicyclic) bond motifs is 1. The summed E-state index contributed by atoms with van der Waals surface area (Å²) in [5.41, 5.74) is 1.45. The minimum Gasteiger partial charge on any atom is -0.496 e. The molecule has 2 aromatic heterocycles. The van der Waals surface area contributed by atoms with Gasteiger partial charge in [0.2, 0.25) is 10.0 Å². The van der Waals surface area contributed by atoms with Crippen molar-refractivity contribution in [1.29, 1.82) is 0 Å². The lowest BCUT2D eigenvalue weighted by Gasteiger charge is -2.32. The number of piperidine rings is 1. The number of sulfonamides is 1. The summed E-state index contributed by atoms with van der Waals surface area (Å²) in [6, 6.07) is 3.81. The van der Waals surface area contributed by atoms with Gasteiger partial charge in [-0.15, -0.1) is 0 Å². The van der Waals surface area contributed by atoms with Crippen LogP contribution in [0, 0.1) is 5.82 Å². The van der Waals surface area contributed by atoms with Crippen molar-refractivity contribution in [3.8, 4) is 17.0 Å². The first-order valence-corrected chi connectivity index (χ1v) is 10.7. The Morgan fingerprint density at radius 1 is 1.32 bits per heavy atom. The van der Waals surface area contributed by atoms with Crippen LogP contribution in [-0.2, 0) is 10.0 Å². The molecule has 0 spiro atoms. The first-order chi connectivity index (χ1) is 13.4. The van der Waals surface area contributed by atoms with E-state index in [4.69, 9.17) is 4.74 Å². The van der Waals surface area contributed by atoms with E-state index >= 15 is 0 Å². The van der Waals surface area contributed by atoms with Crippen LogP contribution in [0.1, 0.15) is 31.1 Å². The maximum Gasteiger partial charge on any atom is 0.211 e. The van der Waals surface area contributed by atoms with Crippen molar-refractivity contribution in [1.82, 2.24) is 24.5 Å². The van der Waals surface area contributed by atoms with Crippen LogP contribution in [0.25, 0.3) is 22.3 Å². The Labute approximate surface area is 161 Å². The van der Waals surface area contributed by atoms with Crippen molar-refractivity contribution in [2.24, 2.45) is 0 Å². The van der Waals surface area contributed by atoms with E-state index in [9.17, 15) is 12.8 Å². The largest absolute Gasteiger partial charge is 0.496 e. The molecule has 0 amide bonds. The molecule has 0 bridgehead atoms. The van der Waals surface area contributed by atoms with E-state index < -0.39 is 21.9 Å². The number of nitrogens with zero attached hydrogens (tertiary/aromatic N) is 4. The standard InChI is InChI=1S/C18H20FN5O3S/c1-27-15-7-6-11(19)9-12(15)16-13-10-20-18(21-17(13)23-22-16)14-5-3-4-8-24(14)28(2,25)26/h6-7,9-10,14H,3-5,8H2,1-2H3,(H,20,21,22,23). The SMILES string of the molecule is COc1ccc(F)cc1-c1[nH]nc2nc(C3CCCCN3S(C)(=O)=O)ncc12. The number of halogens is 1. The van der Waals surface area contributed by atoms with Gasteiger partial charge in [-0.2, -0.15) is 9.40 Å². The van der Waals surface area contributed by atoms with Gasteiger partial charge in [0.25, 0.3) is 0 Å². The molecule has 1 unspecified atom stereocenters. The summed E-state index contributed by atoms with van der Waals surface area (Å²) in [5, 5.41) is 7.70. The number of aromatic nitrogens is 4. The second kappa shape index (κ2) is 7.10. The van der Waals surface area contributed by atoms with E-state index in [0.717, 1.165) is 12.8 Å². The van der Waals surface area contributed by atoms with Crippen molar-refractivity contribution in [3.05, 3.63) is 36.0 Å². The van der Waals surface area contributed by atoms with Gasteiger partial charge in [-0.3, -0.25) is 5.10 Å². The molecule has 1 aliphatic heterocycles. The zero-order valence-corrected chi connectivity index (χ0v) is 16.3. The molecule has 3 aromatic rings. The number of methoxy groups -OCH3 is 1. The van der Waals surface area contributed by atoms with Gasteiger partial charge >= 0.3 is 0 Å². The van der Waals surface area contributed by atoms with E-state index in [-0.39, 0.29) is 0 Å². The van der Waals surface area contributed by atoms with Crippen LogP contribution in [0.15, 0.2) is 24.4 Å². The van der Waals surface area contributed by atoms with Crippen LogP contribution in [-0.4, -0.2) is 52.8 Å². The molecule has 1 aliphatic rings. The van der Waals surface area contributed by atoms with E-state index in [1.807, 2.05) is 0 Å². The summed E-state index contributed by atoms with van der Waals surface area (Å²) in [5.74, 6) is 0.510. The maximum absolute atomic E-state index is 13.8. The molecule has 0 saturated carbocycles. The Kier molecular flexibility index (Phi) is 4.76. The molecule has 1 atom stereocenters. The summed E-state index contributed by atoms with van der Waals surface area (Å²) in [6.45, 7) is 0.456. The highest BCUT2D eigenvalue weighted by Gasteiger charge is 2.32. The second-order valence-electron chi connectivity index (χ2n) is 6.79. The number of nitrogens with one attached hydrogen (secondary N) is 1. The molecule has 0 aliphatic carbocycles. The van der Waals surface area contributed by atoms with Crippen molar-refractivity contribution in [2.45, 2.75) is 25.3 Å². The number of hydrogen-bond acceptors (Lipinski definition) is 6. The average Bonchev–Trinajstić information content (AvgIpc) is 3.10. The molecule has 148 valence electrons. The third-order valence-corrected chi connectivity index (χ3v) is 6.23. The predicted octanol–water partition coefficient (Wildman–Crippen LogP) is 2.65. The Hall–Kier alpha value is -2.59. The molecule has 1 aromatic carbocycles. The topological polar surface area (TPSA) is 101 Å². The van der Waals surface area contributed by atoms with Gasteiger partial charge in [-0.25, -0.2) is 22.8 Å². The van der Waals surface area contributed by atoms with Gasteiger partial charge in [0.05, 0.1) is 30.5 Å². The summed E-state index contributed by atoms with van der Waals surface area (Å²) < 4.78 is 44.8. The van der Waals surface area contributed by atoms with Crippen LogP contribution in [0.5, 0.6) is 5.75 Å². The number of aromatic amines is 1. The van der Waals surface area contributed by atoms with Gasteiger partial charge in [-0.1, -0.05) is 6.42 Å². The minimum atomic E-state index is -3.36. The van der Waals surface area contributed by atoms with Crippen LogP contribution >= 0.6 is 0 Å². The Bertz CT molecular complexity index is 1130. The van der Waals surface area contributed by atoms with Crippen molar-refractivity contribution >= 4 is 21.1 Å². The Morgan fingerprint density at radius 3 is 2.89 bits per heavy atom. The summed E-state index contributed by atoms with van der Waals surface area (Å²) >= 11 is 0. The molecule has 1 saturated heterocycles. The number of benzene rings is 1. The second-order valence-corrected chi connectivity index (χ2v) is 8.73. The highest BCUT2D eigenvalue weighted by molar-refractivity contribution is 7.88. The van der Waals surface area contributed by atoms with Crippen molar-refractivity contribution < 1.29 is 17.5 Å². The zero-order valence-electron chi connectivity index (χ0n) is 15.5. The smallest absolute Gasteiger partial charge is 0.211 e. The highest BCUT2D eigenvalue weighted by Crippen LogP contribution is 2.35. The predicted molar refractivity (Wildman–Crippen MR) is 102 cm³/mol. The first kappa shape index (κ1) is 18.8. The fourth-order valence-electron chi connectivity index (χ4n) is 3.62. The molecule has 28 heavy (non-hydrogen) atoms. The fraction of sp³-hybridized carbons (Fsp3) is 0.389. The molecule has 10 heteroatoms. The maximum atomic E-state index is 13.8. The number of hydrogen-bond donors (Lipinski definition) is 1. The Balaban J connectivity index is 1.78. The first-order valence-electron chi connectivity index (χ1n) is 8.90. The molecule has 0 radical (unpaired) electrons. The van der Waals surface area contributed by atoms with E-state index in [1.165, 1.54) is 29.8 Å². The Morgan fingerprint density at radius 2 is 2.14 bits per heavy atom. The summed E-state index contributed by atoms with van der Waals surface area (Å²) in [6.07, 6.45) is 5.18. The molecule has 3 heterocycles. The van der Waals surface area contributed by atoms with Gasteiger partial charge in [0, 0.05) is 18.3 Å². The van der Waals surface area contributed by atoms with Crippen LogP contribution < -0.4 is 4.74 Å². The summed E-state index contributed by atoms with van der Waals surface area (Å²) in [7, 11) is -1.85. The van der Waals surface area contributed by atoms with E-state index in [0.29, 0.717) is 46.8 Å². The number of ether oxygens (including phenoxy) is 1. The van der Waals surface area contributed by atoms with Crippen LogP contribution in [0.2, 0.25) is 0 Å². The fourth-order valence-corrected chi connectivity index (χ4v) is 4.74. The van der Waals surface area contributed by atoms with Crippen molar-refractivity contribution in [2.75, 3.05) is 19.9 Å². The lowest BCUT2D eigenvalue weighted by Crippen LogP contribution is -2.38. The van der Waals surface area contributed by atoms with Gasteiger partial charge in [0.15, 0.2) is 5.65 Å². The quantitative estimate of drug-likeness (QED) is 0.716. The number of rotatable bonds is 4. The van der Waals surface area contributed by atoms with Crippen LogP contribution in [0.3, 0.4) is 0 Å². The van der Waals surface area contributed by atoms with Crippen molar-refractivity contribution in [3.63, 3.8) is 0 Å². The molecule has 1 N–H and O–H groups in total. The zero-order chi connectivity index (χ0) is 19.9. The van der Waals surface area contributed by atoms with E-state index in [1.54, 1.807) is 12.3 Å². The molecule has 4 rings (SSSR count). The minimum absolute atomic E-state index is 0.394. The van der Waals surface area contributed by atoms with E-state index in [2.05, 4.69) is 20.2 Å². The number of H-pyrrole nitrogens is 1. The third kappa shape index (κ3) is 3.33. The molecule has 8 nitrogen and oxygen atoms in total. The highest BCUT2D eigenvalue weighted by atomic mass is 32.2.